The topological polar surface area (TPSA) is 363 Å². The van der Waals surface area contributed by atoms with Crippen LogP contribution in [0.4, 0.5) is 49.1 Å². The number of carbonyl (C=O) groups excluding carboxylic acids is 2. The molecule has 730 valence electrons. The molecule has 1 aliphatic heterocycles. The van der Waals surface area contributed by atoms with Crippen LogP contribution in [0.3, 0.4) is 0 Å². The van der Waals surface area contributed by atoms with Gasteiger partial charge in [0.15, 0.2) is 40.6 Å². The van der Waals surface area contributed by atoms with Gasteiger partial charge in [0.25, 0.3) is 20.0 Å². The maximum absolute atomic E-state index is 14.0. The molecule has 1 fully saturated rings. The lowest BCUT2D eigenvalue weighted by molar-refractivity contribution is -0.244. The molecule has 0 amide bonds. The molecule has 14 rings (SSSR count). The first-order chi connectivity index (χ1) is 63.7. The van der Waals surface area contributed by atoms with Crippen molar-refractivity contribution in [2.75, 3.05) is 106 Å². The van der Waals surface area contributed by atoms with Gasteiger partial charge in [-0.05, 0) is 165 Å². The van der Waals surface area contributed by atoms with E-state index in [0.29, 0.717) is 53.2 Å². The lowest BCUT2D eigenvalue weighted by Crippen LogP contribution is -2.64. The number of aliphatic hydroxyl groups excluding tert-OH is 2. The predicted octanol–water partition coefficient (Wildman–Crippen LogP) is 17.2. The number of aromatic nitrogens is 8. The molecule has 135 heavy (non-hydrogen) atoms. The fraction of sp³-hybridized carbons (Fsp3) is 0.348. The number of nitrogens with one attached hydrogen (secondary N) is 1. The van der Waals surface area contributed by atoms with Crippen LogP contribution >= 0.6 is 0 Å². The van der Waals surface area contributed by atoms with E-state index in [1.54, 1.807) is 50.4 Å². The van der Waals surface area contributed by atoms with Gasteiger partial charge in [-0.15, -0.1) is 0 Å². The maximum Gasteiger partial charge on any atom is 0.480 e. The number of para-hydroxylation sites is 8. The Morgan fingerprint density at radius 1 is 0.504 bits per heavy atom. The molecule has 0 bridgehead atoms. The number of H-pyrrole nitrogens is 1. The van der Waals surface area contributed by atoms with E-state index < -0.39 is 86.3 Å². The summed E-state index contributed by atoms with van der Waals surface area (Å²) in [6.45, 7) is 18.0. The average molecular weight is 1980 g/mol. The molecule has 0 aliphatic carbocycles. The van der Waals surface area contributed by atoms with Gasteiger partial charge >= 0.3 is 34.1 Å². The van der Waals surface area contributed by atoms with Crippen molar-refractivity contribution in [1.82, 2.24) is 52.1 Å². The molecular weight excluding hydrogens is 1880 g/mol. The standard InChI is InChI=1S/C19H14N2O2S.C18H15S.2C13H16N2O2.C12H27NO5.C9H11F9N3O6S3.C8H8N2/c22-24(23,16-11-5-2-6-12-16)21-18-14-8-7-13-17(18)20-19(21)15-9-3-1-4-10-15;1-4-10-16(11-5-1)19(17-12-6-2-7-13-17)18-14-8-3-9-15-18;1-9-14-10-7-5-6-8-11(10)15(9)12(16)17-13(2,3)4;1-4-13(2,3)17-12(16)15-9-14-10-7-5-6-8-11(10)15;1-16-8-2-3-13(4-9-17-11-6-14)5-10-18-12-7-15;1-20-2-4-21(5-3-20)30(26,27)8(14,15)6(10,11)7(12,13)28(22,23)19-29(24,25)9(16,17)18;1-6-9-7-4-2-3-5-8(7)10-6/h1-14H;1-15H;5-8H,1-4H3;5-9H,4H2,1-3H3;14-15H,2-12H2,1H3;2-5H2,1H3;2-5H,1H3,(H,9,10)/q;+1;;;;-1;. The summed E-state index contributed by atoms with van der Waals surface area (Å²) in [6.07, 6.45) is 2.47. The lowest BCUT2D eigenvalue weighted by Gasteiger charge is -2.39. The third-order valence-corrected chi connectivity index (χ3v) is 28.5. The highest BCUT2D eigenvalue weighted by Crippen LogP contribution is 2.54. The smallest absolute Gasteiger partial charge is 0.443 e. The number of ether oxygens (including phenoxy) is 5. The van der Waals surface area contributed by atoms with Crippen LogP contribution in [0.25, 0.3) is 59.6 Å². The number of rotatable bonds is 29. The van der Waals surface area contributed by atoms with E-state index in [1.165, 1.54) is 46.1 Å². The number of aliphatic hydroxyl groups is 2. The molecule has 0 unspecified atom stereocenters. The molecule has 43 heteroatoms. The number of benzene rings is 9. The van der Waals surface area contributed by atoms with E-state index in [1.807, 2.05) is 170 Å². The van der Waals surface area contributed by atoms with Gasteiger partial charge in [0.05, 0.1) is 99.6 Å². The Hall–Kier alpha value is -11.0. The largest absolute Gasteiger partial charge is 0.480 e. The Labute approximate surface area is 780 Å². The zero-order chi connectivity index (χ0) is 99.2. The number of alkyl halides is 9. The molecule has 4 aromatic heterocycles. The molecule has 0 atom stereocenters. The third kappa shape index (κ3) is 29.5. The second kappa shape index (κ2) is 49.1. The lowest BCUT2D eigenvalue weighted by atomic mass is 10.1. The summed E-state index contributed by atoms with van der Waals surface area (Å²) in [7, 11) is -22.7. The van der Waals surface area contributed by atoms with Crippen molar-refractivity contribution in [2.24, 2.45) is 0 Å². The van der Waals surface area contributed by atoms with Crippen molar-refractivity contribution in [2.45, 2.75) is 121 Å². The van der Waals surface area contributed by atoms with Crippen LogP contribution in [0.15, 0.2) is 275 Å². The quantitative estimate of drug-likeness (QED) is 0.0223. The normalized spacial score (nSPS) is 13.2. The van der Waals surface area contributed by atoms with Crippen LogP contribution < -0.4 is 0 Å². The first kappa shape index (κ1) is 109. The number of aromatic amines is 1. The molecule has 0 saturated carbocycles. The number of hydrogen-bond acceptors (Lipinski definition) is 23. The van der Waals surface area contributed by atoms with Crippen LogP contribution in [0.5, 0.6) is 0 Å². The molecular formula is C92H107F9N12O17S5. The minimum Gasteiger partial charge on any atom is -0.443 e. The van der Waals surface area contributed by atoms with Crippen LogP contribution in [-0.4, -0.2) is 248 Å². The fourth-order valence-electron chi connectivity index (χ4n) is 12.4. The van der Waals surface area contributed by atoms with Crippen molar-refractivity contribution in [3.8, 4) is 11.4 Å². The molecule has 1 aliphatic rings. The van der Waals surface area contributed by atoms with E-state index >= 15 is 0 Å². The Morgan fingerprint density at radius 3 is 1.44 bits per heavy atom. The van der Waals surface area contributed by atoms with Crippen LogP contribution in [0.1, 0.15) is 66.0 Å². The van der Waals surface area contributed by atoms with Gasteiger partial charge < -0.3 is 47.9 Å². The molecule has 29 nitrogen and oxygen atoms in total. The summed E-state index contributed by atoms with van der Waals surface area (Å²) in [5.74, 6) is -5.40. The molecule has 0 radical (unpaired) electrons. The van der Waals surface area contributed by atoms with E-state index in [2.05, 4.69) is 121 Å². The highest BCUT2D eigenvalue weighted by molar-refractivity contribution is 8.13. The van der Waals surface area contributed by atoms with Gasteiger partial charge in [-0.2, -0.15) is 43.8 Å². The van der Waals surface area contributed by atoms with Crippen molar-refractivity contribution < 1.29 is 117 Å². The molecule has 1 saturated heterocycles. The van der Waals surface area contributed by atoms with Crippen LogP contribution in [0.2, 0.25) is 0 Å². The van der Waals surface area contributed by atoms with Crippen molar-refractivity contribution in [1.29, 1.82) is 0 Å². The first-order valence-electron chi connectivity index (χ1n) is 41.9. The number of nitrogens with zero attached hydrogens (tertiary/aromatic N) is 11. The van der Waals surface area contributed by atoms with E-state index in [4.69, 9.17) is 33.9 Å². The monoisotopic (exact) mass is 1980 g/mol. The van der Waals surface area contributed by atoms with E-state index in [0.717, 1.165) is 83.6 Å². The number of methoxy groups -OCH3 is 1. The van der Waals surface area contributed by atoms with Crippen molar-refractivity contribution in [3.05, 3.63) is 271 Å². The number of sulfonamides is 3. The number of halogens is 9. The molecule has 5 heterocycles. The summed E-state index contributed by atoms with van der Waals surface area (Å²) in [6, 6.07) is 80.2. The number of hydrogen-bond donors (Lipinski definition) is 3. The van der Waals surface area contributed by atoms with E-state index in [9.17, 15) is 82.8 Å². The predicted molar refractivity (Wildman–Crippen MR) is 497 cm³/mol. The van der Waals surface area contributed by atoms with Crippen molar-refractivity contribution >= 4 is 107 Å². The van der Waals surface area contributed by atoms with Gasteiger partial charge in [0.2, 0.25) is 0 Å². The highest BCUT2D eigenvalue weighted by atomic mass is 32.3. The molecule has 0 spiro atoms. The first-order valence-corrected chi connectivity index (χ1v) is 48.9. The van der Waals surface area contributed by atoms with Crippen LogP contribution in [-0.2, 0) is 74.7 Å². The highest BCUT2D eigenvalue weighted by Gasteiger charge is 2.81. The average Bonchev–Trinajstić information content (AvgIpc) is 1.62. The summed E-state index contributed by atoms with van der Waals surface area (Å²) >= 11 is 0. The number of aryl methyl sites for hydroxylation is 2. The van der Waals surface area contributed by atoms with Crippen LogP contribution in [0, 0.1) is 13.8 Å². The molecule has 3 N–H and O–H groups in total. The van der Waals surface area contributed by atoms with Gasteiger partial charge in [-0.3, -0.25) is 4.90 Å². The second-order valence-electron chi connectivity index (χ2n) is 31.2. The summed E-state index contributed by atoms with van der Waals surface area (Å²) in [4.78, 5) is 52.4. The minimum atomic E-state index is -7.88. The SMILES string of the molecule is CCC(C)(C)OC(=O)n1cnc2ccccc21.CN1CCN(S(=O)(=O)C(F)(F)C(F)(F)C(F)(F)S(=O)(=O)[N-]S(=O)(=O)C(F)(F)F)CC1.COCCCN(CCOCCO)CCOCCO.Cc1nc2ccccc2[nH]1.Cc1nc2ccccc2n1C(=O)OC(C)(C)C.O=S(=O)(c1ccccc1)n1c(-c2ccccc2)nc2ccccc21.c1ccc([S+](c2ccccc2)c2ccccc2)cc1. The Bertz CT molecular complexity index is 6270. The third-order valence-electron chi connectivity index (χ3n) is 19.5. The maximum atomic E-state index is 14.0. The fourth-order valence-corrected chi connectivity index (χ4v) is 19.7. The number of fused-ring (bicyclic) bond motifs is 4. The van der Waals surface area contributed by atoms with Gasteiger partial charge in [0.1, 0.15) is 29.2 Å². The number of piperazine rings is 1. The summed E-state index contributed by atoms with van der Waals surface area (Å²) in [5.41, 5.74) is -0.362. The number of likely N-dealkylation sites (N-methyl/N-ethyl adjacent to an activating group) is 1. The van der Waals surface area contributed by atoms with Gasteiger partial charge in [-0.25, -0.2) is 76.3 Å². The number of carbonyl (C=O) groups is 2. The summed E-state index contributed by atoms with van der Waals surface area (Å²) < 4.78 is 244. The Morgan fingerprint density at radius 2 is 0.956 bits per heavy atom. The van der Waals surface area contributed by atoms with Crippen molar-refractivity contribution in [3.63, 3.8) is 0 Å². The second-order valence-corrected chi connectivity index (χ2v) is 40.4. The zero-order valence-electron chi connectivity index (χ0n) is 75.4. The van der Waals surface area contributed by atoms with Gasteiger partial charge in [0, 0.05) is 65.1 Å². The Kier molecular flexibility index (Phi) is 39.8. The molecule has 13 aromatic rings. The Balaban J connectivity index is 0.000000197. The molecule has 9 aromatic carbocycles. The zero-order valence-corrected chi connectivity index (χ0v) is 79.5. The van der Waals surface area contributed by atoms with E-state index in [-0.39, 0.29) is 58.6 Å². The van der Waals surface area contributed by atoms with Gasteiger partial charge in [-0.1, -0.05) is 159 Å². The number of imidazole rings is 4. The summed E-state index contributed by atoms with van der Waals surface area (Å²) in [5, 5.41) is 2.95. The minimum absolute atomic E-state index is 0.0146.